The highest BCUT2D eigenvalue weighted by molar-refractivity contribution is 5.68. The third-order valence-corrected chi connectivity index (χ3v) is 6.40. The smallest absolute Gasteiger partial charge is 0.198 e. The van der Waals surface area contributed by atoms with Gasteiger partial charge >= 0.3 is 0 Å². The average molecular weight is 379 g/mol. The molecule has 1 aromatic heterocycles. The fourth-order valence-corrected chi connectivity index (χ4v) is 4.73. The van der Waals surface area contributed by atoms with Crippen molar-refractivity contribution in [1.82, 2.24) is 0 Å². The fraction of sp³-hybridized carbons (Fsp3) is 0.593. The second-order valence-corrected chi connectivity index (χ2v) is 8.60. The molecular formula is C27H40N+. The van der Waals surface area contributed by atoms with Gasteiger partial charge in [-0.3, -0.25) is 0 Å². The maximum atomic E-state index is 2.46. The highest BCUT2D eigenvalue weighted by Gasteiger charge is 2.26. The van der Waals surface area contributed by atoms with Gasteiger partial charge in [0.05, 0.1) is 5.56 Å². The summed E-state index contributed by atoms with van der Waals surface area (Å²) in [5.74, 6) is 0. The molecule has 0 saturated carbocycles. The van der Waals surface area contributed by atoms with E-state index in [1.807, 2.05) is 0 Å². The fourth-order valence-electron chi connectivity index (χ4n) is 4.73. The summed E-state index contributed by atoms with van der Waals surface area (Å²) in [4.78, 5) is 0. The van der Waals surface area contributed by atoms with E-state index in [-0.39, 0.29) is 0 Å². The van der Waals surface area contributed by atoms with Crippen molar-refractivity contribution in [3.8, 4) is 11.3 Å². The molecular weight excluding hydrogens is 338 g/mol. The van der Waals surface area contributed by atoms with Gasteiger partial charge in [-0.25, -0.2) is 0 Å². The first-order chi connectivity index (χ1) is 13.8. The van der Waals surface area contributed by atoms with Crippen molar-refractivity contribution in [3.05, 3.63) is 53.2 Å². The van der Waals surface area contributed by atoms with Gasteiger partial charge < -0.3 is 0 Å². The molecule has 0 spiro atoms. The van der Waals surface area contributed by atoms with Crippen molar-refractivity contribution < 1.29 is 4.57 Å². The summed E-state index contributed by atoms with van der Waals surface area (Å²) in [6, 6.07) is 11.6. The van der Waals surface area contributed by atoms with Crippen LogP contribution in [0.4, 0.5) is 0 Å². The first-order valence-electron chi connectivity index (χ1n) is 12.0. The first-order valence-corrected chi connectivity index (χ1v) is 12.0. The number of rotatable bonds is 12. The standard InChI is InChI=1S/C27H40N/c1-3-5-7-8-9-10-11-12-16-23-18-19-24(15-6-4-2)27-25(23)20-22-28-21-14-13-17-26(27)28/h13-14,17-19,21H,3-12,15-16,20,22H2,1-2H3/q+1. The van der Waals surface area contributed by atoms with Crippen LogP contribution in [-0.4, -0.2) is 0 Å². The number of hydrogen-bond donors (Lipinski definition) is 0. The van der Waals surface area contributed by atoms with E-state index in [4.69, 9.17) is 0 Å². The van der Waals surface area contributed by atoms with Crippen LogP contribution in [0.15, 0.2) is 36.5 Å². The molecule has 1 nitrogen and oxygen atoms in total. The summed E-state index contributed by atoms with van der Waals surface area (Å²) in [5.41, 5.74) is 7.85. The first kappa shape index (κ1) is 21.1. The lowest BCUT2D eigenvalue weighted by Gasteiger charge is -2.21. The lowest BCUT2D eigenvalue weighted by atomic mass is 9.85. The van der Waals surface area contributed by atoms with E-state index in [0.29, 0.717) is 0 Å². The van der Waals surface area contributed by atoms with E-state index in [1.54, 1.807) is 22.3 Å². The summed E-state index contributed by atoms with van der Waals surface area (Å²) < 4.78 is 2.46. The van der Waals surface area contributed by atoms with Gasteiger partial charge in [0.15, 0.2) is 12.7 Å². The number of pyridine rings is 1. The molecule has 1 aliphatic heterocycles. The van der Waals surface area contributed by atoms with Crippen molar-refractivity contribution in [2.75, 3.05) is 0 Å². The van der Waals surface area contributed by atoms with E-state index in [2.05, 4.69) is 54.9 Å². The Labute approximate surface area is 173 Å². The van der Waals surface area contributed by atoms with Crippen molar-refractivity contribution in [1.29, 1.82) is 0 Å². The molecule has 0 amide bonds. The topological polar surface area (TPSA) is 3.88 Å². The Morgan fingerprint density at radius 2 is 1.39 bits per heavy atom. The van der Waals surface area contributed by atoms with E-state index in [9.17, 15) is 0 Å². The minimum Gasteiger partial charge on any atom is -0.198 e. The Kier molecular flexibility index (Phi) is 8.58. The van der Waals surface area contributed by atoms with Crippen LogP contribution in [0.2, 0.25) is 0 Å². The van der Waals surface area contributed by atoms with Gasteiger partial charge in [-0.1, -0.05) is 77.3 Å². The molecule has 0 fully saturated rings. The summed E-state index contributed by atoms with van der Waals surface area (Å²) in [6.07, 6.45) is 19.7. The Morgan fingerprint density at radius 1 is 0.714 bits per heavy atom. The second-order valence-electron chi connectivity index (χ2n) is 8.60. The molecule has 2 heterocycles. The zero-order chi connectivity index (χ0) is 19.6. The lowest BCUT2D eigenvalue weighted by molar-refractivity contribution is -0.687. The predicted molar refractivity (Wildman–Crippen MR) is 121 cm³/mol. The van der Waals surface area contributed by atoms with Crippen LogP contribution in [0.5, 0.6) is 0 Å². The Bertz CT molecular complexity index is 731. The largest absolute Gasteiger partial charge is 0.213 e. The number of benzene rings is 1. The molecule has 1 heteroatoms. The average Bonchev–Trinajstić information content (AvgIpc) is 2.74. The molecule has 0 unspecified atom stereocenters. The normalized spacial score (nSPS) is 12.6. The minimum atomic E-state index is 1.13. The Morgan fingerprint density at radius 3 is 2.18 bits per heavy atom. The van der Waals surface area contributed by atoms with Crippen LogP contribution in [0.1, 0.15) is 94.7 Å². The summed E-state index contributed by atoms with van der Waals surface area (Å²) in [5, 5.41) is 0. The second kappa shape index (κ2) is 11.4. The number of aryl methyl sites for hydroxylation is 3. The van der Waals surface area contributed by atoms with Gasteiger partial charge in [-0.05, 0) is 48.4 Å². The Balaban J connectivity index is 1.67. The molecule has 0 atom stereocenters. The van der Waals surface area contributed by atoms with Crippen LogP contribution in [-0.2, 0) is 25.8 Å². The zero-order valence-corrected chi connectivity index (χ0v) is 18.3. The lowest BCUT2D eigenvalue weighted by Crippen LogP contribution is -2.40. The number of nitrogens with zero attached hydrogens (tertiary/aromatic N) is 1. The van der Waals surface area contributed by atoms with Crippen LogP contribution < -0.4 is 4.57 Å². The predicted octanol–water partition coefficient (Wildman–Crippen LogP) is 7.22. The molecule has 1 aromatic carbocycles. The third kappa shape index (κ3) is 5.46. The molecule has 0 radical (unpaired) electrons. The maximum absolute atomic E-state index is 2.46. The SMILES string of the molecule is CCCCCCCCCCc1ccc(CCCC)c2c1CC[n+]1ccccc1-2. The van der Waals surface area contributed by atoms with Gasteiger partial charge in [0.1, 0.15) is 0 Å². The van der Waals surface area contributed by atoms with Crippen LogP contribution in [0, 0.1) is 0 Å². The van der Waals surface area contributed by atoms with Crippen molar-refractivity contribution in [2.24, 2.45) is 0 Å². The summed E-state index contributed by atoms with van der Waals surface area (Å²) >= 11 is 0. The Hall–Kier alpha value is -1.63. The van der Waals surface area contributed by atoms with Gasteiger partial charge in [0.25, 0.3) is 0 Å². The molecule has 3 rings (SSSR count). The van der Waals surface area contributed by atoms with Crippen molar-refractivity contribution in [3.63, 3.8) is 0 Å². The van der Waals surface area contributed by atoms with Crippen molar-refractivity contribution >= 4 is 0 Å². The molecule has 152 valence electrons. The molecule has 0 N–H and O–H groups in total. The number of fused-ring (bicyclic) bond motifs is 3. The molecule has 2 aromatic rings. The number of aromatic nitrogens is 1. The highest BCUT2D eigenvalue weighted by atomic mass is 15.0. The van der Waals surface area contributed by atoms with Gasteiger partial charge in [-0.2, -0.15) is 4.57 Å². The summed E-state index contributed by atoms with van der Waals surface area (Å²) in [6.45, 7) is 5.72. The van der Waals surface area contributed by atoms with E-state index in [1.165, 1.54) is 89.2 Å². The van der Waals surface area contributed by atoms with Gasteiger partial charge in [0.2, 0.25) is 5.69 Å². The maximum Gasteiger partial charge on any atom is 0.213 e. The van der Waals surface area contributed by atoms with Gasteiger partial charge in [-0.15, -0.1) is 0 Å². The molecule has 0 saturated heterocycles. The summed E-state index contributed by atoms with van der Waals surface area (Å²) in [7, 11) is 0. The quantitative estimate of drug-likeness (QED) is 0.271. The molecule has 28 heavy (non-hydrogen) atoms. The monoisotopic (exact) mass is 378 g/mol. The molecule has 0 bridgehead atoms. The van der Waals surface area contributed by atoms with Crippen LogP contribution >= 0.6 is 0 Å². The number of hydrogen-bond acceptors (Lipinski definition) is 0. The van der Waals surface area contributed by atoms with Crippen LogP contribution in [0.3, 0.4) is 0 Å². The van der Waals surface area contributed by atoms with E-state index < -0.39 is 0 Å². The van der Waals surface area contributed by atoms with Crippen molar-refractivity contribution in [2.45, 2.75) is 104 Å². The van der Waals surface area contributed by atoms with E-state index >= 15 is 0 Å². The third-order valence-electron chi connectivity index (χ3n) is 6.40. The van der Waals surface area contributed by atoms with Gasteiger partial charge in [0, 0.05) is 18.6 Å². The minimum absolute atomic E-state index is 1.13. The highest BCUT2D eigenvalue weighted by Crippen LogP contribution is 2.33. The van der Waals surface area contributed by atoms with Crippen LogP contribution in [0.25, 0.3) is 11.3 Å². The zero-order valence-electron chi connectivity index (χ0n) is 18.3. The van der Waals surface area contributed by atoms with E-state index in [0.717, 1.165) is 6.54 Å². The molecule has 1 aliphatic rings. The number of unbranched alkanes of at least 4 members (excludes halogenated alkanes) is 8. The molecule has 0 aliphatic carbocycles.